The van der Waals surface area contributed by atoms with Gasteiger partial charge in [0.15, 0.2) is 34.9 Å². The quantitative estimate of drug-likeness (QED) is 0.100. The van der Waals surface area contributed by atoms with Crippen LogP contribution in [0, 0.1) is 0 Å². The second-order valence-electron chi connectivity index (χ2n) is 23.5. The molecular weight excluding hydrogens is 1170 g/mol. The van der Waals surface area contributed by atoms with Crippen LogP contribution in [0.15, 0.2) is 352 Å². The standard InChI is InChI=1S/C88H58N8/c1-5-21-66(22-6-1)83-91-84(67-23-7-2-8-24-67)94-87(93-83)70-50-38-60(39-51-70)59-36-40-61(41-37-59)75-29-13-16-32-78(75)72-55-73(79-33-17-14-30-76(79)62-42-46-64(47-43-62)81-35-19-20-54-89-81)57-74(56-72)80-34-18-15-31-77(80)63-44-48-65(49-45-63)82-53-52-71(58-90-82)88-95-85(68-25-9-3-10-26-68)92-86(96-88)69-27-11-4-12-28-69/h1-58H. The van der Waals surface area contributed by atoms with Crippen molar-refractivity contribution in [1.82, 2.24) is 39.9 Å². The van der Waals surface area contributed by atoms with E-state index in [1.54, 1.807) is 0 Å². The van der Waals surface area contributed by atoms with Gasteiger partial charge in [0, 0.05) is 56.9 Å². The molecule has 8 nitrogen and oxygen atoms in total. The normalized spacial score (nSPS) is 11.1. The van der Waals surface area contributed by atoms with E-state index in [0.717, 1.165) is 134 Å². The number of rotatable bonds is 15. The summed E-state index contributed by atoms with van der Waals surface area (Å²) in [7, 11) is 0. The lowest BCUT2D eigenvalue weighted by Gasteiger charge is -2.18. The summed E-state index contributed by atoms with van der Waals surface area (Å²) in [5, 5.41) is 0. The molecule has 0 atom stereocenters. The maximum Gasteiger partial charge on any atom is 0.165 e. The van der Waals surface area contributed by atoms with E-state index in [9.17, 15) is 0 Å². The minimum atomic E-state index is 0.561. The zero-order chi connectivity index (χ0) is 64.0. The van der Waals surface area contributed by atoms with E-state index in [4.69, 9.17) is 34.9 Å². The molecule has 0 spiro atoms. The van der Waals surface area contributed by atoms with Gasteiger partial charge in [-0.3, -0.25) is 9.97 Å². The number of pyridine rings is 2. The first-order valence-corrected chi connectivity index (χ1v) is 32.0. The van der Waals surface area contributed by atoms with Crippen molar-refractivity contribution < 1.29 is 0 Å². The van der Waals surface area contributed by atoms with Crippen molar-refractivity contribution in [3.05, 3.63) is 352 Å². The highest BCUT2D eigenvalue weighted by Crippen LogP contribution is 2.43. The van der Waals surface area contributed by atoms with Crippen LogP contribution in [0.25, 0.3) is 169 Å². The van der Waals surface area contributed by atoms with Gasteiger partial charge in [0.2, 0.25) is 0 Å². The van der Waals surface area contributed by atoms with E-state index < -0.39 is 0 Å². The van der Waals surface area contributed by atoms with Crippen LogP contribution in [0.3, 0.4) is 0 Å². The Morgan fingerprint density at radius 3 is 0.688 bits per heavy atom. The first-order valence-electron chi connectivity index (χ1n) is 32.0. The molecule has 96 heavy (non-hydrogen) atoms. The first-order chi connectivity index (χ1) is 47.5. The molecule has 0 unspecified atom stereocenters. The smallest absolute Gasteiger partial charge is 0.165 e. The molecule has 0 amide bonds. The van der Waals surface area contributed by atoms with Crippen molar-refractivity contribution in [3.63, 3.8) is 0 Å². The summed E-state index contributed by atoms with van der Waals surface area (Å²) in [6.45, 7) is 0. The lowest BCUT2D eigenvalue weighted by Crippen LogP contribution is -2.00. The van der Waals surface area contributed by atoms with Crippen LogP contribution >= 0.6 is 0 Å². The second kappa shape index (κ2) is 26.3. The highest BCUT2D eigenvalue weighted by molar-refractivity contribution is 5.95. The second-order valence-corrected chi connectivity index (χ2v) is 23.5. The molecule has 16 rings (SSSR count). The average molecular weight is 1230 g/mol. The van der Waals surface area contributed by atoms with Gasteiger partial charge in [0.25, 0.3) is 0 Å². The Bertz CT molecular complexity index is 4990. The fourth-order valence-electron chi connectivity index (χ4n) is 12.5. The SMILES string of the molecule is c1ccc(-c2nc(-c3ccccc3)nc(-c3ccc(-c4ccc(-c5ccccc5-c5cc(-c6ccccc6-c6ccc(-c7ccccn7)cc6)cc(-c6ccccc6-c6ccc(-c7ccc(-c8nc(-c9ccccc9)nc(-c9ccccc9)n8)cn7)cc6)c5)cc4)cc3)n2)cc1. The van der Waals surface area contributed by atoms with Gasteiger partial charge >= 0.3 is 0 Å². The zero-order valence-electron chi connectivity index (χ0n) is 52.1. The topological polar surface area (TPSA) is 103 Å². The largest absolute Gasteiger partial charge is 0.256 e. The summed E-state index contributed by atoms with van der Waals surface area (Å²) in [5.74, 6) is 3.67. The van der Waals surface area contributed by atoms with Crippen molar-refractivity contribution in [2.45, 2.75) is 0 Å². The fraction of sp³-hybridized carbons (Fsp3) is 0. The van der Waals surface area contributed by atoms with E-state index in [-0.39, 0.29) is 0 Å². The van der Waals surface area contributed by atoms with Crippen molar-refractivity contribution >= 4 is 0 Å². The van der Waals surface area contributed by atoms with E-state index in [0.29, 0.717) is 34.9 Å². The Kier molecular flexibility index (Phi) is 15.9. The Morgan fingerprint density at radius 1 is 0.146 bits per heavy atom. The number of benzene rings is 12. The van der Waals surface area contributed by atoms with Crippen LogP contribution in [0.2, 0.25) is 0 Å². The predicted octanol–water partition coefficient (Wildman–Crippen LogP) is 21.9. The monoisotopic (exact) mass is 1230 g/mol. The summed E-state index contributed by atoms with van der Waals surface area (Å²) in [5.41, 5.74) is 24.9. The Labute approximate surface area is 557 Å². The van der Waals surface area contributed by atoms with Crippen LogP contribution in [-0.4, -0.2) is 39.9 Å². The Balaban J connectivity index is 0.735. The molecule has 4 heterocycles. The predicted molar refractivity (Wildman–Crippen MR) is 390 cm³/mol. The molecule has 0 fully saturated rings. The fourth-order valence-corrected chi connectivity index (χ4v) is 12.5. The van der Waals surface area contributed by atoms with E-state index in [1.165, 1.54) is 0 Å². The van der Waals surface area contributed by atoms with Crippen molar-refractivity contribution in [2.24, 2.45) is 0 Å². The van der Waals surface area contributed by atoms with Crippen LogP contribution in [-0.2, 0) is 0 Å². The summed E-state index contributed by atoms with van der Waals surface area (Å²) < 4.78 is 0. The first kappa shape index (κ1) is 58.1. The molecule has 0 N–H and O–H groups in total. The molecule has 0 bridgehead atoms. The molecule has 16 aromatic rings. The molecule has 0 aliphatic heterocycles. The average Bonchev–Trinajstić information content (AvgIpc) is 0.830. The van der Waals surface area contributed by atoms with Gasteiger partial charge < -0.3 is 0 Å². The molecule has 0 aliphatic rings. The van der Waals surface area contributed by atoms with Gasteiger partial charge in [-0.2, -0.15) is 0 Å². The molecule has 12 aromatic carbocycles. The van der Waals surface area contributed by atoms with Crippen molar-refractivity contribution in [2.75, 3.05) is 0 Å². The van der Waals surface area contributed by atoms with E-state index in [2.05, 4.69) is 199 Å². The van der Waals surface area contributed by atoms with Gasteiger partial charge in [-0.05, 0) is 120 Å². The molecule has 0 aliphatic carbocycles. The summed E-state index contributed by atoms with van der Waals surface area (Å²) in [4.78, 5) is 39.3. The molecule has 0 saturated heterocycles. The maximum absolute atomic E-state index is 4.99. The van der Waals surface area contributed by atoms with Crippen LogP contribution in [0.4, 0.5) is 0 Å². The third-order valence-electron chi connectivity index (χ3n) is 17.4. The highest BCUT2D eigenvalue weighted by atomic mass is 15.0. The number of hydrogen-bond donors (Lipinski definition) is 0. The lowest BCUT2D eigenvalue weighted by atomic mass is 9.86. The van der Waals surface area contributed by atoms with E-state index in [1.807, 2.05) is 158 Å². The summed E-state index contributed by atoms with van der Waals surface area (Å²) in [6.07, 6.45) is 3.70. The van der Waals surface area contributed by atoms with Crippen LogP contribution < -0.4 is 0 Å². The summed E-state index contributed by atoms with van der Waals surface area (Å²) in [6, 6.07) is 119. The van der Waals surface area contributed by atoms with Crippen molar-refractivity contribution in [1.29, 1.82) is 0 Å². The van der Waals surface area contributed by atoms with Crippen LogP contribution in [0.1, 0.15) is 0 Å². The third-order valence-corrected chi connectivity index (χ3v) is 17.4. The Morgan fingerprint density at radius 2 is 0.385 bits per heavy atom. The molecule has 0 radical (unpaired) electrons. The molecule has 0 saturated carbocycles. The number of nitrogens with zero attached hydrogens (tertiary/aromatic N) is 8. The number of hydrogen-bond acceptors (Lipinski definition) is 8. The third kappa shape index (κ3) is 12.2. The lowest BCUT2D eigenvalue weighted by molar-refractivity contribution is 1.07. The molecule has 4 aromatic heterocycles. The molecule has 450 valence electrons. The van der Waals surface area contributed by atoms with Gasteiger partial charge in [-0.1, -0.05) is 297 Å². The van der Waals surface area contributed by atoms with E-state index >= 15 is 0 Å². The minimum Gasteiger partial charge on any atom is -0.256 e. The molecular formula is C88H58N8. The van der Waals surface area contributed by atoms with Crippen molar-refractivity contribution in [3.8, 4) is 169 Å². The van der Waals surface area contributed by atoms with Crippen LogP contribution in [0.5, 0.6) is 0 Å². The minimum absolute atomic E-state index is 0.561. The van der Waals surface area contributed by atoms with Gasteiger partial charge in [0.05, 0.1) is 11.4 Å². The van der Waals surface area contributed by atoms with Gasteiger partial charge in [0.1, 0.15) is 0 Å². The molecule has 8 heteroatoms. The Hall–Kier alpha value is -13.0. The van der Waals surface area contributed by atoms with Gasteiger partial charge in [-0.15, -0.1) is 0 Å². The maximum atomic E-state index is 4.99. The van der Waals surface area contributed by atoms with Gasteiger partial charge in [-0.25, -0.2) is 29.9 Å². The summed E-state index contributed by atoms with van der Waals surface area (Å²) >= 11 is 0. The zero-order valence-corrected chi connectivity index (χ0v) is 52.1. The number of aromatic nitrogens is 8. The highest BCUT2D eigenvalue weighted by Gasteiger charge is 2.19.